The number of para-hydroxylation sites is 1. The Morgan fingerprint density at radius 2 is 1.93 bits per heavy atom. The van der Waals surface area contributed by atoms with Crippen LogP contribution in [0.2, 0.25) is 5.02 Å². The first kappa shape index (κ1) is 25.7. The molecule has 206 valence electrons. The van der Waals surface area contributed by atoms with Gasteiger partial charge in [0.05, 0.1) is 33.6 Å². The van der Waals surface area contributed by atoms with Crippen molar-refractivity contribution in [1.29, 1.82) is 0 Å². The second-order valence-electron chi connectivity index (χ2n) is 11.6. The third-order valence-corrected chi connectivity index (χ3v) is 9.32. The Morgan fingerprint density at radius 1 is 1.10 bits per heavy atom. The molecule has 4 nitrogen and oxygen atoms in total. The lowest BCUT2D eigenvalue weighted by molar-refractivity contribution is -0.138. The van der Waals surface area contributed by atoms with Gasteiger partial charge < -0.3 is 5.32 Å². The van der Waals surface area contributed by atoms with Crippen LogP contribution in [0.25, 0.3) is 11.3 Å². The fourth-order valence-corrected chi connectivity index (χ4v) is 7.34. The molecule has 0 radical (unpaired) electrons. The van der Waals surface area contributed by atoms with Crippen molar-refractivity contribution in [3.8, 4) is 5.69 Å². The Balaban J connectivity index is 1.39. The quantitative estimate of drug-likeness (QED) is 0.345. The maximum absolute atomic E-state index is 13.8. The van der Waals surface area contributed by atoms with Crippen molar-refractivity contribution in [1.82, 2.24) is 20.0 Å². The molecule has 3 aliphatic heterocycles. The number of hydrogen-bond acceptors (Lipinski definition) is 3. The van der Waals surface area contributed by atoms with Gasteiger partial charge in [-0.2, -0.15) is 18.3 Å². The Hall–Kier alpha value is -3.29. The molecular weight excluding hydrogens is 533 g/mol. The van der Waals surface area contributed by atoms with Crippen LogP contribution < -0.4 is 5.32 Å². The van der Waals surface area contributed by atoms with Crippen LogP contribution in [0.1, 0.15) is 60.0 Å². The van der Waals surface area contributed by atoms with E-state index in [2.05, 4.69) is 72.1 Å². The highest BCUT2D eigenvalue weighted by molar-refractivity contribution is 6.30. The van der Waals surface area contributed by atoms with E-state index in [1.807, 2.05) is 6.20 Å². The molecule has 2 aromatic carbocycles. The largest absolute Gasteiger partial charge is 0.416 e. The summed E-state index contributed by atoms with van der Waals surface area (Å²) >= 11 is 6.15. The highest BCUT2D eigenvalue weighted by Crippen LogP contribution is 2.55. The summed E-state index contributed by atoms with van der Waals surface area (Å²) < 4.78 is 43.7. The summed E-state index contributed by atoms with van der Waals surface area (Å²) in [7, 11) is 0. The van der Waals surface area contributed by atoms with Crippen LogP contribution in [0, 0.1) is 0 Å². The summed E-state index contributed by atoms with van der Waals surface area (Å²) in [5.74, 6) is 0. The molecule has 0 saturated carbocycles. The molecule has 0 fully saturated rings. The first-order valence-corrected chi connectivity index (χ1v) is 14.1. The van der Waals surface area contributed by atoms with Crippen LogP contribution in [-0.2, 0) is 37.5 Å². The SMILES string of the molecule is CCc1cccc2c1-n1nc3c(c1C1(C)C=CC4(C)NC=CC4=C21)CN(Cc1cc(Cl)ccc1C(F)(F)F)CC3. The molecular formula is C32H30ClF3N4. The minimum atomic E-state index is -4.44. The number of hydrogen-bond donors (Lipinski definition) is 1. The molecule has 40 heavy (non-hydrogen) atoms. The monoisotopic (exact) mass is 562 g/mol. The van der Waals surface area contributed by atoms with Crippen molar-refractivity contribution in [3.05, 3.63) is 111 Å². The molecule has 1 N–H and O–H groups in total. The second kappa shape index (κ2) is 8.60. The van der Waals surface area contributed by atoms with Gasteiger partial charge >= 0.3 is 6.18 Å². The lowest BCUT2D eigenvalue weighted by atomic mass is 9.64. The summed E-state index contributed by atoms with van der Waals surface area (Å²) in [5, 5.41) is 9.02. The van der Waals surface area contributed by atoms with E-state index in [1.54, 1.807) is 0 Å². The van der Waals surface area contributed by atoms with Gasteiger partial charge in [0, 0.05) is 42.2 Å². The van der Waals surface area contributed by atoms with Crippen LogP contribution in [-0.4, -0.2) is 26.8 Å². The Morgan fingerprint density at radius 3 is 2.70 bits per heavy atom. The highest BCUT2D eigenvalue weighted by Gasteiger charge is 2.49. The molecule has 0 spiro atoms. The van der Waals surface area contributed by atoms with Gasteiger partial charge in [0.2, 0.25) is 0 Å². The number of allylic oxidation sites excluding steroid dienone is 2. The van der Waals surface area contributed by atoms with Crippen molar-refractivity contribution in [2.45, 2.75) is 63.8 Å². The van der Waals surface area contributed by atoms with Gasteiger partial charge in [0.25, 0.3) is 0 Å². The van der Waals surface area contributed by atoms with Gasteiger partial charge in [0.15, 0.2) is 0 Å². The molecule has 8 heteroatoms. The van der Waals surface area contributed by atoms with Gasteiger partial charge in [-0.05, 0) is 73.0 Å². The molecule has 3 aromatic rings. The zero-order valence-corrected chi connectivity index (χ0v) is 23.4. The van der Waals surface area contributed by atoms with Gasteiger partial charge in [-0.15, -0.1) is 0 Å². The highest BCUT2D eigenvalue weighted by atomic mass is 35.5. The molecule has 0 amide bonds. The van der Waals surface area contributed by atoms with Crippen LogP contribution in [0.5, 0.6) is 0 Å². The van der Waals surface area contributed by atoms with E-state index < -0.39 is 17.2 Å². The summed E-state index contributed by atoms with van der Waals surface area (Å²) in [6.45, 7) is 7.93. The third kappa shape index (κ3) is 3.60. The number of aromatic nitrogens is 2. The van der Waals surface area contributed by atoms with Crippen LogP contribution in [0.15, 0.2) is 66.4 Å². The molecule has 2 atom stereocenters. The minimum Gasteiger partial charge on any atom is -0.378 e. The number of rotatable bonds is 3. The summed E-state index contributed by atoms with van der Waals surface area (Å²) in [6.07, 6.45) is 5.84. The summed E-state index contributed by atoms with van der Waals surface area (Å²) in [5.41, 5.74) is 8.15. The number of halogens is 4. The van der Waals surface area contributed by atoms with Crippen molar-refractivity contribution in [2.24, 2.45) is 0 Å². The molecule has 1 aliphatic carbocycles. The van der Waals surface area contributed by atoms with Crippen LogP contribution >= 0.6 is 11.6 Å². The van der Waals surface area contributed by atoms with E-state index in [0.717, 1.165) is 35.1 Å². The van der Waals surface area contributed by atoms with E-state index in [4.69, 9.17) is 16.7 Å². The smallest absolute Gasteiger partial charge is 0.378 e. The standard InChI is InChI=1S/C32H30ClF3N4/c1-4-19-6-5-7-22-27-25-10-14-37-31(25,3)13-12-30(27,2)29-23-18-39(15-11-26(23)38-40(29)28(19)22)17-20-16-21(33)8-9-24(20)32(34,35)36/h5-10,12-14,16,37H,4,11,15,17-18H2,1-3H3. The van der Waals surface area contributed by atoms with E-state index >= 15 is 0 Å². The van der Waals surface area contributed by atoms with Crippen LogP contribution in [0.4, 0.5) is 13.2 Å². The Bertz CT molecular complexity index is 1660. The van der Waals surface area contributed by atoms with E-state index in [0.29, 0.717) is 24.5 Å². The van der Waals surface area contributed by atoms with Crippen LogP contribution in [0.3, 0.4) is 0 Å². The van der Waals surface area contributed by atoms with Gasteiger partial charge in [-0.1, -0.05) is 48.9 Å². The lowest BCUT2D eigenvalue weighted by Crippen LogP contribution is -2.43. The Labute approximate surface area is 236 Å². The molecule has 0 saturated heterocycles. The molecule has 4 heterocycles. The summed E-state index contributed by atoms with van der Waals surface area (Å²) in [6, 6.07) is 10.4. The fraction of sp³-hybridized carbons (Fsp3) is 0.344. The van der Waals surface area contributed by atoms with Gasteiger partial charge in [0.1, 0.15) is 0 Å². The number of benzene rings is 2. The fourth-order valence-electron chi connectivity index (χ4n) is 7.15. The molecule has 1 aromatic heterocycles. The zero-order chi connectivity index (χ0) is 28.0. The maximum Gasteiger partial charge on any atom is 0.416 e. The molecule has 2 unspecified atom stereocenters. The number of alkyl halides is 3. The van der Waals surface area contributed by atoms with E-state index in [9.17, 15) is 13.2 Å². The normalized spacial score (nSPS) is 24.8. The minimum absolute atomic E-state index is 0.168. The van der Waals surface area contributed by atoms with E-state index in [-0.39, 0.29) is 17.6 Å². The van der Waals surface area contributed by atoms with Crippen molar-refractivity contribution in [2.75, 3.05) is 6.54 Å². The summed E-state index contributed by atoms with van der Waals surface area (Å²) in [4.78, 5) is 2.09. The zero-order valence-electron chi connectivity index (χ0n) is 22.7. The predicted molar refractivity (Wildman–Crippen MR) is 151 cm³/mol. The number of nitrogens with one attached hydrogen (secondary N) is 1. The van der Waals surface area contributed by atoms with Gasteiger partial charge in [-0.25, -0.2) is 4.68 Å². The molecule has 4 aliphatic rings. The van der Waals surface area contributed by atoms with Crippen molar-refractivity contribution >= 4 is 17.2 Å². The first-order chi connectivity index (χ1) is 19.0. The van der Waals surface area contributed by atoms with Crippen molar-refractivity contribution < 1.29 is 13.2 Å². The first-order valence-electron chi connectivity index (χ1n) is 13.8. The maximum atomic E-state index is 13.8. The average Bonchev–Trinajstić information content (AvgIpc) is 3.48. The second-order valence-corrected chi connectivity index (χ2v) is 12.1. The third-order valence-electron chi connectivity index (χ3n) is 9.08. The average molecular weight is 563 g/mol. The number of fused-ring (bicyclic) bond motifs is 9. The Kier molecular flexibility index (Phi) is 5.52. The van der Waals surface area contributed by atoms with Crippen molar-refractivity contribution in [3.63, 3.8) is 0 Å². The number of nitrogens with zero attached hydrogens (tertiary/aromatic N) is 3. The lowest BCUT2D eigenvalue weighted by Gasteiger charge is -2.44. The molecule has 0 bridgehead atoms. The predicted octanol–water partition coefficient (Wildman–Crippen LogP) is 7.14. The van der Waals surface area contributed by atoms with E-state index in [1.165, 1.54) is 34.4 Å². The topological polar surface area (TPSA) is 33.1 Å². The van der Waals surface area contributed by atoms with Gasteiger partial charge in [-0.3, -0.25) is 4.90 Å². The number of aryl methyl sites for hydroxylation is 1. The molecule has 7 rings (SSSR count).